The van der Waals surface area contributed by atoms with E-state index in [1.165, 1.54) is 25.8 Å². The van der Waals surface area contributed by atoms with Gasteiger partial charge in [0.15, 0.2) is 0 Å². The summed E-state index contributed by atoms with van der Waals surface area (Å²) in [5.41, 5.74) is 0. The van der Waals surface area contributed by atoms with Crippen molar-refractivity contribution < 1.29 is 4.74 Å². The lowest BCUT2D eigenvalue weighted by Crippen LogP contribution is -2.46. The van der Waals surface area contributed by atoms with Crippen LogP contribution in [0, 0.1) is 0 Å². The largest absolute Gasteiger partial charge is 0.369 e. The van der Waals surface area contributed by atoms with Crippen LogP contribution >= 0.6 is 0 Å². The number of methoxy groups -OCH3 is 1. The molecule has 1 aliphatic heterocycles. The van der Waals surface area contributed by atoms with Crippen molar-refractivity contribution in [1.82, 2.24) is 10.2 Å². The summed E-state index contributed by atoms with van der Waals surface area (Å²) in [4.78, 5) is 2.44. The van der Waals surface area contributed by atoms with E-state index in [1.54, 1.807) is 7.11 Å². The lowest BCUT2D eigenvalue weighted by Gasteiger charge is -2.35. The number of likely N-dealkylation sites (N-methyl/N-ethyl adjacent to an activating group) is 1. The molecule has 1 atom stereocenters. The third-order valence-corrected chi connectivity index (χ3v) is 2.67. The van der Waals surface area contributed by atoms with Gasteiger partial charge in [0.2, 0.25) is 0 Å². The van der Waals surface area contributed by atoms with Crippen LogP contribution in [0.25, 0.3) is 0 Å². The van der Waals surface area contributed by atoms with Gasteiger partial charge in [-0.1, -0.05) is 13.3 Å². The van der Waals surface area contributed by atoms with E-state index < -0.39 is 0 Å². The van der Waals surface area contributed by atoms with Crippen LogP contribution in [0.5, 0.6) is 0 Å². The Bertz CT molecular complexity index is 128. The molecule has 0 aromatic heterocycles. The van der Waals surface area contributed by atoms with Gasteiger partial charge in [-0.25, -0.2) is 0 Å². The molecule has 0 aromatic carbocycles. The number of nitrogens with one attached hydrogen (secondary N) is 1. The molecule has 1 saturated heterocycles. The smallest absolute Gasteiger partial charge is 0.0989 e. The second-order valence-corrected chi connectivity index (χ2v) is 3.69. The molecular weight excluding hydrogens is 164 g/mol. The van der Waals surface area contributed by atoms with Crippen molar-refractivity contribution in [2.24, 2.45) is 0 Å². The first-order chi connectivity index (χ1) is 6.38. The molecule has 0 saturated carbocycles. The molecule has 0 radical (unpaired) electrons. The Hall–Kier alpha value is -0.120. The fourth-order valence-corrected chi connectivity index (χ4v) is 1.94. The SMILES string of the molecule is CCNCC1CCCCN1COC. The first kappa shape index (κ1) is 11.0. The third kappa shape index (κ3) is 3.63. The molecule has 0 aromatic rings. The van der Waals surface area contributed by atoms with Crippen LogP contribution in [-0.2, 0) is 4.74 Å². The normalized spacial score (nSPS) is 24.9. The maximum atomic E-state index is 5.19. The third-order valence-electron chi connectivity index (χ3n) is 2.67. The second-order valence-electron chi connectivity index (χ2n) is 3.69. The number of ether oxygens (including phenoxy) is 1. The zero-order valence-electron chi connectivity index (χ0n) is 8.88. The average molecular weight is 186 g/mol. The van der Waals surface area contributed by atoms with Gasteiger partial charge in [-0.05, 0) is 19.4 Å². The molecule has 1 unspecified atom stereocenters. The van der Waals surface area contributed by atoms with Gasteiger partial charge in [0.1, 0.15) is 0 Å². The van der Waals surface area contributed by atoms with E-state index in [1.807, 2.05) is 0 Å². The van der Waals surface area contributed by atoms with Crippen LogP contribution in [0.2, 0.25) is 0 Å². The molecule has 3 nitrogen and oxygen atoms in total. The summed E-state index contributed by atoms with van der Waals surface area (Å²) < 4.78 is 5.19. The Morgan fingerprint density at radius 3 is 3.00 bits per heavy atom. The van der Waals surface area contributed by atoms with Crippen molar-refractivity contribution in [3.05, 3.63) is 0 Å². The van der Waals surface area contributed by atoms with E-state index in [2.05, 4.69) is 17.1 Å². The highest BCUT2D eigenvalue weighted by Crippen LogP contribution is 2.15. The molecule has 0 spiro atoms. The van der Waals surface area contributed by atoms with Crippen molar-refractivity contribution in [3.8, 4) is 0 Å². The maximum Gasteiger partial charge on any atom is 0.0989 e. The van der Waals surface area contributed by atoms with Crippen LogP contribution in [0.1, 0.15) is 26.2 Å². The van der Waals surface area contributed by atoms with Crippen molar-refractivity contribution in [3.63, 3.8) is 0 Å². The first-order valence-corrected chi connectivity index (χ1v) is 5.32. The summed E-state index contributed by atoms with van der Waals surface area (Å²) in [6.07, 6.45) is 4.01. The highest BCUT2D eigenvalue weighted by molar-refractivity contribution is 4.76. The number of rotatable bonds is 5. The fourth-order valence-electron chi connectivity index (χ4n) is 1.94. The van der Waals surface area contributed by atoms with E-state index >= 15 is 0 Å². The summed E-state index contributed by atoms with van der Waals surface area (Å²) in [6.45, 7) is 6.32. The molecular formula is C10H22N2O. The van der Waals surface area contributed by atoms with Crippen molar-refractivity contribution in [2.75, 3.05) is 33.5 Å². The van der Waals surface area contributed by atoms with Gasteiger partial charge in [-0.3, -0.25) is 4.90 Å². The van der Waals surface area contributed by atoms with Gasteiger partial charge < -0.3 is 10.1 Å². The van der Waals surface area contributed by atoms with Crippen molar-refractivity contribution in [2.45, 2.75) is 32.2 Å². The van der Waals surface area contributed by atoms with Gasteiger partial charge in [0, 0.05) is 26.2 Å². The van der Waals surface area contributed by atoms with Crippen molar-refractivity contribution in [1.29, 1.82) is 0 Å². The van der Waals surface area contributed by atoms with Gasteiger partial charge in [-0.15, -0.1) is 0 Å². The zero-order valence-corrected chi connectivity index (χ0v) is 8.88. The Morgan fingerprint density at radius 1 is 1.46 bits per heavy atom. The first-order valence-electron chi connectivity index (χ1n) is 5.32. The lowest BCUT2D eigenvalue weighted by molar-refractivity contribution is 0.0156. The number of nitrogens with zero attached hydrogens (tertiary/aromatic N) is 1. The van der Waals surface area contributed by atoms with Gasteiger partial charge in [-0.2, -0.15) is 0 Å². The van der Waals surface area contributed by atoms with Crippen LogP contribution in [0.4, 0.5) is 0 Å². The van der Waals surface area contributed by atoms with E-state index in [0.29, 0.717) is 6.04 Å². The lowest BCUT2D eigenvalue weighted by atomic mass is 10.0. The molecule has 1 fully saturated rings. The minimum absolute atomic E-state index is 0.689. The van der Waals surface area contributed by atoms with E-state index in [-0.39, 0.29) is 0 Å². The predicted octanol–water partition coefficient (Wildman–Crippen LogP) is 1.05. The summed E-state index contributed by atoms with van der Waals surface area (Å²) >= 11 is 0. The minimum Gasteiger partial charge on any atom is -0.369 e. The second kappa shape index (κ2) is 6.35. The molecule has 78 valence electrons. The van der Waals surface area contributed by atoms with E-state index in [9.17, 15) is 0 Å². The topological polar surface area (TPSA) is 24.5 Å². The van der Waals surface area contributed by atoms with Crippen LogP contribution < -0.4 is 5.32 Å². The van der Waals surface area contributed by atoms with Gasteiger partial charge >= 0.3 is 0 Å². The molecule has 1 heterocycles. The zero-order chi connectivity index (χ0) is 9.52. The van der Waals surface area contributed by atoms with Crippen molar-refractivity contribution >= 4 is 0 Å². The molecule has 0 aliphatic carbocycles. The fraction of sp³-hybridized carbons (Fsp3) is 1.00. The molecule has 3 heteroatoms. The number of hydrogen-bond donors (Lipinski definition) is 1. The van der Waals surface area contributed by atoms with Crippen LogP contribution in [0.3, 0.4) is 0 Å². The molecule has 0 amide bonds. The van der Waals surface area contributed by atoms with Gasteiger partial charge in [0.05, 0.1) is 6.73 Å². The van der Waals surface area contributed by atoms with E-state index in [0.717, 1.165) is 19.8 Å². The Kier molecular flexibility index (Phi) is 5.35. The van der Waals surface area contributed by atoms with Crippen LogP contribution in [0.15, 0.2) is 0 Å². The number of hydrogen-bond acceptors (Lipinski definition) is 3. The Balaban J connectivity index is 2.28. The molecule has 13 heavy (non-hydrogen) atoms. The summed E-state index contributed by atoms with van der Waals surface area (Å²) in [7, 11) is 1.78. The summed E-state index contributed by atoms with van der Waals surface area (Å²) in [5, 5.41) is 3.41. The molecule has 0 bridgehead atoms. The summed E-state index contributed by atoms with van der Waals surface area (Å²) in [6, 6.07) is 0.689. The van der Waals surface area contributed by atoms with Gasteiger partial charge in [0.25, 0.3) is 0 Å². The predicted molar refractivity (Wildman–Crippen MR) is 54.8 cm³/mol. The molecule has 1 N–H and O–H groups in total. The van der Waals surface area contributed by atoms with E-state index in [4.69, 9.17) is 4.74 Å². The molecule has 1 rings (SSSR count). The maximum absolute atomic E-state index is 5.19. The average Bonchev–Trinajstić information content (AvgIpc) is 2.17. The summed E-state index contributed by atoms with van der Waals surface area (Å²) in [5.74, 6) is 0. The highest BCUT2D eigenvalue weighted by Gasteiger charge is 2.20. The monoisotopic (exact) mass is 186 g/mol. The van der Waals surface area contributed by atoms with Crippen LogP contribution in [-0.4, -0.2) is 44.4 Å². The quantitative estimate of drug-likeness (QED) is 0.694. The minimum atomic E-state index is 0.689. The molecule has 1 aliphatic rings. The standard InChI is InChI=1S/C10H22N2O/c1-3-11-8-10-6-4-5-7-12(10)9-13-2/h10-11H,3-9H2,1-2H3. The Morgan fingerprint density at radius 2 is 2.31 bits per heavy atom. The Labute approximate surface area is 81.4 Å². The highest BCUT2D eigenvalue weighted by atomic mass is 16.5. The number of likely N-dealkylation sites (tertiary alicyclic amines) is 1. The number of piperidine rings is 1.